The molecule has 7 N–H and O–H groups in total. The van der Waals surface area contributed by atoms with Gasteiger partial charge in [-0.1, -0.05) is 6.07 Å². The maximum absolute atomic E-state index is 11.7. The van der Waals surface area contributed by atoms with E-state index in [0.29, 0.717) is 0 Å². The minimum absolute atomic E-state index is 0.219. The number of hydrogen-bond donors (Lipinski definition) is 7. The third-order valence-electron chi connectivity index (χ3n) is 3.60. The van der Waals surface area contributed by atoms with E-state index >= 15 is 0 Å². The Morgan fingerprint density at radius 1 is 0.840 bits per heavy atom. The number of benzene rings is 2. The van der Waals surface area contributed by atoms with E-state index in [0.717, 1.165) is 30.3 Å². The standard InChI is InChI=1S/C15H16O9S/c16-8-4-11(18)9(12(19)5-8)6-14(21)15(25(22,23)24)7-1-2-10(17)13(20)3-7/h1-5,14-21H,6H2,(H,22,23,24). The van der Waals surface area contributed by atoms with Crippen LogP contribution in [0.3, 0.4) is 0 Å². The molecule has 0 saturated carbocycles. The van der Waals surface area contributed by atoms with Crippen LogP contribution in [0.2, 0.25) is 0 Å². The van der Waals surface area contributed by atoms with Gasteiger partial charge in [0, 0.05) is 24.1 Å². The van der Waals surface area contributed by atoms with Gasteiger partial charge in [0.2, 0.25) is 0 Å². The van der Waals surface area contributed by atoms with Crippen molar-refractivity contribution < 1.29 is 43.6 Å². The molecule has 2 aromatic carbocycles. The van der Waals surface area contributed by atoms with Gasteiger partial charge < -0.3 is 30.6 Å². The predicted octanol–water partition coefficient (Wildman–Crippen LogP) is 0.747. The van der Waals surface area contributed by atoms with E-state index in [2.05, 4.69) is 0 Å². The first-order chi connectivity index (χ1) is 11.5. The van der Waals surface area contributed by atoms with Crippen molar-refractivity contribution in [3.63, 3.8) is 0 Å². The molecule has 136 valence electrons. The number of hydrogen-bond acceptors (Lipinski definition) is 8. The molecule has 0 aliphatic rings. The minimum Gasteiger partial charge on any atom is -0.508 e. The van der Waals surface area contributed by atoms with E-state index in [1.807, 2.05) is 0 Å². The molecular weight excluding hydrogens is 356 g/mol. The van der Waals surface area contributed by atoms with Crippen molar-refractivity contribution in [2.45, 2.75) is 17.8 Å². The Bertz CT molecular complexity index is 869. The van der Waals surface area contributed by atoms with Gasteiger partial charge in [0.1, 0.15) is 22.5 Å². The van der Waals surface area contributed by atoms with Crippen molar-refractivity contribution in [1.82, 2.24) is 0 Å². The van der Waals surface area contributed by atoms with Gasteiger partial charge in [0.05, 0.1) is 6.10 Å². The number of aromatic hydroxyl groups is 5. The Morgan fingerprint density at radius 3 is 1.88 bits per heavy atom. The van der Waals surface area contributed by atoms with E-state index in [1.165, 1.54) is 0 Å². The zero-order valence-electron chi connectivity index (χ0n) is 12.6. The molecule has 25 heavy (non-hydrogen) atoms. The fraction of sp³-hybridized carbons (Fsp3) is 0.200. The largest absolute Gasteiger partial charge is 0.508 e. The molecule has 2 unspecified atom stereocenters. The predicted molar refractivity (Wildman–Crippen MR) is 85.2 cm³/mol. The van der Waals surface area contributed by atoms with Crippen LogP contribution in [0, 0.1) is 0 Å². The van der Waals surface area contributed by atoms with Gasteiger partial charge in [-0.2, -0.15) is 8.42 Å². The highest BCUT2D eigenvalue weighted by molar-refractivity contribution is 7.86. The Morgan fingerprint density at radius 2 is 1.40 bits per heavy atom. The van der Waals surface area contributed by atoms with E-state index in [9.17, 15) is 43.6 Å². The van der Waals surface area contributed by atoms with Crippen LogP contribution in [0.15, 0.2) is 30.3 Å². The summed E-state index contributed by atoms with van der Waals surface area (Å²) in [6, 6.07) is 4.68. The second-order valence-electron chi connectivity index (χ2n) is 5.42. The van der Waals surface area contributed by atoms with E-state index < -0.39 is 56.6 Å². The summed E-state index contributed by atoms with van der Waals surface area (Å²) >= 11 is 0. The smallest absolute Gasteiger partial charge is 0.274 e. The SMILES string of the molecule is O=S(=O)(O)C(c1ccc(O)c(O)c1)C(O)Cc1c(O)cc(O)cc1O. The summed E-state index contributed by atoms with van der Waals surface area (Å²) in [6.45, 7) is 0. The van der Waals surface area contributed by atoms with Gasteiger partial charge in [0.25, 0.3) is 10.1 Å². The van der Waals surface area contributed by atoms with E-state index in [1.54, 1.807) is 0 Å². The lowest BCUT2D eigenvalue weighted by molar-refractivity contribution is 0.162. The summed E-state index contributed by atoms with van der Waals surface area (Å²) in [7, 11) is -4.86. The molecule has 0 aliphatic heterocycles. The van der Waals surface area contributed by atoms with Crippen molar-refractivity contribution in [3.8, 4) is 28.7 Å². The van der Waals surface area contributed by atoms with Gasteiger partial charge in [-0.25, -0.2) is 0 Å². The lowest BCUT2D eigenvalue weighted by atomic mass is 9.99. The highest BCUT2D eigenvalue weighted by Crippen LogP contribution is 2.37. The number of aliphatic hydroxyl groups is 1. The molecule has 0 heterocycles. The molecule has 9 nitrogen and oxygen atoms in total. The Hall–Kier alpha value is -2.69. The summed E-state index contributed by atoms with van der Waals surface area (Å²) in [4.78, 5) is 0. The van der Waals surface area contributed by atoms with Crippen LogP contribution >= 0.6 is 0 Å². The molecular formula is C15H16O9S. The van der Waals surface area contributed by atoms with Crippen LogP contribution in [0.5, 0.6) is 28.7 Å². The van der Waals surface area contributed by atoms with Crippen LogP contribution in [-0.2, 0) is 16.5 Å². The summed E-state index contributed by atoms with van der Waals surface area (Å²) in [6.07, 6.45) is -2.43. The first kappa shape index (κ1) is 18.6. The topological polar surface area (TPSA) is 176 Å². The summed E-state index contributed by atoms with van der Waals surface area (Å²) < 4.78 is 32.8. The number of rotatable bonds is 5. The second-order valence-corrected chi connectivity index (χ2v) is 6.96. The van der Waals surface area contributed by atoms with Gasteiger partial charge in [0.15, 0.2) is 11.5 Å². The molecule has 0 radical (unpaired) electrons. The summed E-state index contributed by atoms with van der Waals surface area (Å²) in [5.41, 5.74) is -0.468. The fourth-order valence-electron chi connectivity index (χ4n) is 2.46. The average Bonchev–Trinajstić information content (AvgIpc) is 2.45. The molecule has 2 rings (SSSR count). The maximum Gasteiger partial charge on any atom is 0.274 e. The quantitative estimate of drug-likeness (QED) is 0.295. The molecule has 0 amide bonds. The van der Waals surface area contributed by atoms with Crippen molar-refractivity contribution in [2.24, 2.45) is 0 Å². The highest BCUT2D eigenvalue weighted by Gasteiger charge is 2.34. The van der Waals surface area contributed by atoms with Crippen LogP contribution in [0.1, 0.15) is 16.4 Å². The van der Waals surface area contributed by atoms with Gasteiger partial charge in [-0.15, -0.1) is 0 Å². The molecule has 2 aromatic rings. The molecule has 0 bridgehead atoms. The lowest BCUT2D eigenvalue weighted by Gasteiger charge is -2.22. The fourth-order valence-corrected chi connectivity index (χ4v) is 3.45. The first-order valence-corrected chi connectivity index (χ1v) is 8.41. The zero-order chi connectivity index (χ0) is 18.9. The van der Waals surface area contributed by atoms with E-state index in [-0.39, 0.29) is 11.1 Å². The minimum atomic E-state index is -4.86. The number of phenols is 5. The lowest BCUT2D eigenvalue weighted by Crippen LogP contribution is -2.28. The van der Waals surface area contributed by atoms with Crippen LogP contribution in [0.4, 0.5) is 0 Å². The second kappa shape index (κ2) is 6.67. The molecule has 0 aromatic heterocycles. The number of phenolic OH excluding ortho intramolecular Hbond substituents is 5. The van der Waals surface area contributed by atoms with Gasteiger partial charge in [-0.3, -0.25) is 4.55 Å². The third kappa shape index (κ3) is 4.05. The monoisotopic (exact) mass is 372 g/mol. The Kier molecular flexibility index (Phi) is 4.97. The highest BCUT2D eigenvalue weighted by atomic mass is 32.2. The molecule has 10 heteroatoms. The maximum atomic E-state index is 11.7. The molecule has 0 aliphatic carbocycles. The van der Waals surface area contributed by atoms with Crippen molar-refractivity contribution in [2.75, 3.05) is 0 Å². The van der Waals surface area contributed by atoms with Crippen molar-refractivity contribution in [1.29, 1.82) is 0 Å². The first-order valence-electron chi connectivity index (χ1n) is 6.90. The third-order valence-corrected chi connectivity index (χ3v) is 4.83. The van der Waals surface area contributed by atoms with Crippen LogP contribution in [-0.4, -0.2) is 49.7 Å². The van der Waals surface area contributed by atoms with Crippen LogP contribution < -0.4 is 0 Å². The molecule has 2 atom stereocenters. The van der Waals surface area contributed by atoms with E-state index in [4.69, 9.17) is 0 Å². The normalized spacial score (nSPS) is 14.2. The number of aliphatic hydroxyl groups excluding tert-OH is 1. The molecule has 0 saturated heterocycles. The zero-order valence-corrected chi connectivity index (χ0v) is 13.4. The van der Waals surface area contributed by atoms with Gasteiger partial charge in [-0.05, 0) is 17.7 Å². The van der Waals surface area contributed by atoms with Crippen molar-refractivity contribution >= 4 is 10.1 Å². The van der Waals surface area contributed by atoms with Gasteiger partial charge >= 0.3 is 0 Å². The Balaban J connectivity index is 2.44. The summed E-state index contributed by atoms with van der Waals surface area (Å²) in [5, 5.41) is 55.8. The molecule has 0 fully saturated rings. The van der Waals surface area contributed by atoms with Crippen molar-refractivity contribution in [3.05, 3.63) is 41.5 Å². The van der Waals surface area contributed by atoms with Crippen LogP contribution in [0.25, 0.3) is 0 Å². The average molecular weight is 372 g/mol. The Labute approximate surface area is 142 Å². The summed E-state index contributed by atoms with van der Waals surface area (Å²) in [5.74, 6) is -2.80. The molecule has 0 spiro atoms.